The molecule has 47 heavy (non-hydrogen) atoms. The number of unbranched alkanes of at least 4 members (excludes halogenated alkanes) is 30. The lowest BCUT2D eigenvalue weighted by Gasteiger charge is -2.22. The fourth-order valence-electron chi connectivity index (χ4n) is 6.71. The van der Waals surface area contributed by atoms with Crippen molar-refractivity contribution in [2.24, 2.45) is 0 Å². The lowest BCUT2D eigenvalue weighted by molar-refractivity contribution is -0.123. The molecule has 2 atom stereocenters. The molecular weight excluding hydrogens is 578 g/mol. The van der Waals surface area contributed by atoms with Crippen LogP contribution in [0.1, 0.15) is 239 Å². The van der Waals surface area contributed by atoms with Gasteiger partial charge in [-0.15, -0.1) is 0 Å². The van der Waals surface area contributed by atoms with Gasteiger partial charge in [-0.25, -0.2) is 0 Å². The molecule has 0 aromatic rings. The summed E-state index contributed by atoms with van der Waals surface area (Å²) in [4.78, 5) is 12.4. The average Bonchev–Trinajstić information content (AvgIpc) is 3.07. The van der Waals surface area contributed by atoms with Gasteiger partial charge in [-0.3, -0.25) is 4.79 Å². The topological polar surface area (TPSA) is 69.6 Å². The molecule has 0 spiro atoms. The fraction of sp³-hybridized carbons (Fsp3) is 0.930. The molecule has 1 amide bonds. The van der Waals surface area contributed by atoms with E-state index in [-0.39, 0.29) is 12.5 Å². The summed E-state index contributed by atoms with van der Waals surface area (Å²) in [6, 6.07) is -0.546. The van der Waals surface area contributed by atoms with Crippen molar-refractivity contribution in [1.82, 2.24) is 5.32 Å². The van der Waals surface area contributed by atoms with Crippen LogP contribution >= 0.6 is 0 Å². The predicted octanol–water partition coefficient (Wildman–Crippen LogP) is 13.1. The Bertz CT molecular complexity index is 637. The van der Waals surface area contributed by atoms with Crippen LogP contribution in [0.25, 0.3) is 0 Å². The first-order valence-electron chi connectivity index (χ1n) is 21.4. The molecule has 0 rings (SSSR count). The molecule has 4 nitrogen and oxygen atoms in total. The van der Waals surface area contributed by atoms with E-state index >= 15 is 0 Å². The number of hydrogen-bond acceptors (Lipinski definition) is 3. The van der Waals surface area contributed by atoms with Crippen molar-refractivity contribution in [2.75, 3.05) is 6.61 Å². The third-order valence-electron chi connectivity index (χ3n) is 10.0. The smallest absolute Gasteiger partial charge is 0.220 e. The van der Waals surface area contributed by atoms with Gasteiger partial charge >= 0.3 is 0 Å². The van der Waals surface area contributed by atoms with E-state index in [4.69, 9.17) is 0 Å². The maximum atomic E-state index is 12.4. The minimum absolute atomic E-state index is 0.0374. The Kier molecular flexibility index (Phi) is 38.8. The highest BCUT2D eigenvalue weighted by molar-refractivity contribution is 5.76. The lowest BCUT2D eigenvalue weighted by Crippen LogP contribution is -2.45. The minimum atomic E-state index is -0.676. The average molecular weight is 664 g/mol. The van der Waals surface area contributed by atoms with E-state index in [0.29, 0.717) is 12.8 Å². The number of aliphatic hydroxyl groups is 2. The van der Waals surface area contributed by atoms with Crippen LogP contribution < -0.4 is 5.32 Å². The maximum Gasteiger partial charge on any atom is 0.220 e. The van der Waals surface area contributed by atoms with Gasteiger partial charge < -0.3 is 15.5 Å². The van der Waals surface area contributed by atoms with Crippen LogP contribution in [0.2, 0.25) is 0 Å². The maximum absolute atomic E-state index is 12.4. The van der Waals surface area contributed by atoms with E-state index in [2.05, 4.69) is 31.3 Å². The van der Waals surface area contributed by atoms with Gasteiger partial charge in [0, 0.05) is 6.42 Å². The Morgan fingerprint density at radius 2 is 0.809 bits per heavy atom. The molecule has 280 valence electrons. The summed E-state index contributed by atoms with van der Waals surface area (Å²) in [5.41, 5.74) is 0. The van der Waals surface area contributed by atoms with Crippen LogP contribution in [-0.2, 0) is 4.79 Å². The summed E-state index contributed by atoms with van der Waals surface area (Å²) in [6.07, 6.45) is 48.6. The zero-order valence-corrected chi connectivity index (χ0v) is 32.1. The zero-order chi connectivity index (χ0) is 34.3. The molecule has 0 saturated heterocycles. The van der Waals surface area contributed by atoms with Gasteiger partial charge in [-0.2, -0.15) is 0 Å². The highest BCUT2D eigenvalue weighted by Gasteiger charge is 2.19. The van der Waals surface area contributed by atoms with E-state index in [9.17, 15) is 15.0 Å². The van der Waals surface area contributed by atoms with Gasteiger partial charge in [0.15, 0.2) is 0 Å². The van der Waals surface area contributed by atoms with E-state index in [1.165, 1.54) is 180 Å². The van der Waals surface area contributed by atoms with Crippen LogP contribution in [0.15, 0.2) is 12.2 Å². The molecule has 0 aliphatic heterocycles. The number of nitrogens with one attached hydrogen (secondary N) is 1. The van der Waals surface area contributed by atoms with Gasteiger partial charge in [0.1, 0.15) is 0 Å². The standard InChI is InChI=1S/C43H85NO3/c1-3-5-7-9-11-13-15-17-18-19-20-21-22-23-24-25-27-29-31-33-35-37-39-43(47)44-41(40-45)42(46)38-36-34-32-30-28-26-16-14-12-10-8-6-4-2/h28,30,41-42,45-46H,3-27,29,31-40H2,1-2H3,(H,44,47)/b30-28+/t41-,42+/m0/s1. The van der Waals surface area contributed by atoms with Gasteiger partial charge in [0.2, 0.25) is 5.91 Å². The molecule has 0 aliphatic carbocycles. The number of carbonyl (C=O) groups is 1. The number of amides is 1. The van der Waals surface area contributed by atoms with Crippen LogP contribution in [-0.4, -0.2) is 34.9 Å². The minimum Gasteiger partial charge on any atom is -0.394 e. The van der Waals surface area contributed by atoms with Gasteiger partial charge in [0.05, 0.1) is 18.8 Å². The summed E-state index contributed by atoms with van der Waals surface area (Å²) in [6.45, 7) is 4.35. The van der Waals surface area contributed by atoms with Crippen LogP contribution in [0.5, 0.6) is 0 Å². The highest BCUT2D eigenvalue weighted by Crippen LogP contribution is 2.16. The molecule has 0 fully saturated rings. The molecule has 0 unspecified atom stereocenters. The summed E-state index contributed by atoms with van der Waals surface area (Å²) in [5.74, 6) is -0.0374. The van der Waals surface area contributed by atoms with Gasteiger partial charge in [0.25, 0.3) is 0 Å². The Morgan fingerprint density at radius 3 is 1.17 bits per heavy atom. The molecule has 0 heterocycles. The largest absolute Gasteiger partial charge is 0.394 e. The fourth-order valence-corrected chi connectivity index (χ4v) is 6.71. The molecule has 0 aromatic carbocycles. The first kappa shape index (κ1) is 46.1. The first-order chi connectivity index (χ1) is 23.2. The second-order valence-electron chi connectivity index (χ2n) is 14.8. The molecule has 0 aliphatic rings. The summed E-state index contributed by atoms with van der Waals surface area (Å²) >= 11 is 0. The van der Waals surface area contributed by atoms with Gasteiger partial charge in [-0.05, 0) is 38.5 Å². The second-order valence-corrected chi connectivity index (χ2v) is 14.8. The molecular formula is C43H85NO3. The number of hydrogen-bond donors (Lipinski definition) is 3. The predicted molar refractivity (Wildman–Crippen MR) is 207 cm³/mol. The van der Waals surface area contributed by atoms with Crippen molar-refractivity contribution in [1.29, 1.82) is 0 Å². The molecule has 0 aromatic heterocycles. The molecule has 0 radical (unpaired) electrons. The normalized spacial score (nSPS) is 13.0. The Balaban J connectivity index is 3.48. The van der Waals surface area contributed by atoms with Crippen LogP contribution in [0.4, 0.5) is 0 Å². The van der Waals surface area contributed by atoms with Crippen molar-refractivity contribution < 1.29 is 15.0 Å². The number of aliphatic hydroxyl groups excluding tert-OH is 2. The quantitative estimate of drug-likeness (QED) is 0.0453. The van der Waals surface area contributed by atoms with E-state index < -0.39 is 12.1 Å². The molecule has 3 N–H and O–H groups in total. The third-order valence-corrected chi connectivity index (χ3v) is 10.0. The van der Waals surface area contributed by atoms with Crippen molar-refractivity contribution in [2.45, 2.75) is 251 Å². The second kappa shape index (κ2) is 39.6. The summed E-state index contributed by atoms with van der Waals surface area (Å²) in [7, 11) is 0. The van der Waals surface area contributed by atoms with E-state index in [1.54, 1.807) is 0 Å². The summed E-state index contributed by atoms with van der Waals surface area (Å²) < 4.78 is 0. The van der Waals surface area contributed by atoms with Crippen LogP contribution in [0.3, 0.4) is 0 Å². The number of carbonyl (C=O) groups excluding carboxylic acids is 1. The van der Waals surface area contributed by atoms with E-state index in [0.717, 1.165) is 32.1 Å². The number of rotatable bonds is 39. The monoisotopic (exact) mass is 664 g/mol. The molecule has 0 bridgehead atoms. The van der Waals surface area contributed by atoms with Gasteiger partial charge in [-0.1, -0.05) is 206 Å². The highest BCUT2D eigenvalue weighted by atomic mass is 16.3. The molecule has 0 saturated carbocycles. The third kappa shape index (κ3) is 36.2. The Hall–Kier alpha value is -0.870. The van der Waals surface area contributed by atoms with Crippen molar-refractivity contribution >= 4 is 5.91 Å². The summed E-state index contributed by atoms with van der Waals surface area (Å²) in [5, 5.41) is 23.1. The zero-order valence-electron chi connectivity index (χ0n) is 32.1. The lowest BCUT2D eigenvalue weighted by atomic mass is 10.0. The Morgan fingerprint density at radius 1 is 0.489 bits per heavy atom. The first-order valence-corrected chi connectivity index (χ1v) is 21.4. The van der Waals surface area contributed by atoms with Crippen molar-refractivity contribution in [3.05, 3.63) is 12.2 Å². The Labute approximate surface area is 295 Å². The van der Waals surface area contributed by atoms with E-state index in [1.807, 2.05) is 0 Å². The van der Waals surface area contributed by atoms with Crippen molar-refractivity contribution in [3.8, 4) is 0 Å². The number of allylic oxidation sites excluding steroid dienone is 2. The van der Waals surface area contributed by atoms with Crippen molar-refractivity contribution in [3.63, 3.8) is 0 Å². The SMILES string of the molecule is CCCCCCCCC/C=C/CCCC[C@@H](O)[C@H](CO)NC(=O)CCCCCCCCCCCCCCCCCCCCCCCC. The van der Waals surface area contributed by atoms with Crippen LogP contribution in [0, 0.1) is 0 Å². The molecule has 4 heteroatoms.